The molecule has 1 saturated heterocycles. The summed E-state index contributed by atoms with van der Waals surface area (Å²) < 4.78 is 0. The van der Waals surface area contributed by atoms with E-state index in [0.717, 1.165) is 25.7 Å². The lowest BCUT2D eigenvalue weighted by atomic mass is 9.91. The maximum absolute atomic E-state index is 12.7. The number of hydrogen-bond donors (Lipinski definition) is 2. The Kier molecular flexibility index (Phi) is 6.83. The van der Waals surface area contributed by atoms with E-state index in [4.69, 9.17) is 5.73 Å². The summed E-state index contributed by atoms with van der Waals surface area (Å²) in [6, 6.07) is 8.16. The van der Waals surface area contributed by atoms with Crippen molar-refractivity contribution in [3.63, 3.8) is 0 Å². The summed E-state index contributed by atoms with van der Waals surface area (Å²) in [7, 11) is 0. The van der Waals surface area contributed by atoms with E-state index in [1.807, 2.05) is 4.90 Å². The topological polar surface area (TPSA) is 135 Å². The van der Waals surface area contributed by atoms with Gasteiger partial charge in [-0.25, -0.2) is 0 Å². The number of amides is 2. The first-order chi connectivity index (χ1) is 15.9. The second-order valence-electron chi connectivity index (χ2n) is 8.56. The predicted molar refractivity (Wildman–Crippen MR) is 123 cm³/mol. The molecule has 1 aromatic carbocycles. The van der Waals surface area contributed by atoms with Crippen LogP contribution in [0.3, 0.4) is 0 Å². The molecule has 1 aromatic heterocycles. The summed E-state index contributed by atoms with van der Waals surface area (Å²) in [5, 5.41) is 14.8. The molecule has 0 radical (unpaired) electrons. The Labute approximate surface area is 191 Å². The van der Waals surface area contributed by atoms with Gasteiger partial charge in [0, 0.05) is 67.8 Å². The first-order valence-corrected chi connectivity index (χ1v) is 11.2. The lowest BCUT2D eigenvalue weighted by molar-refractivity contribution is -0.384. The van der Waals surface area contributed by atoms with Gasteiger partial charge in [-0.1, -0.05) is 0 Å². The van der Waals surface area contributed by atoms with Gasteiger partial charge in [0.25, 0.3) is 17.5 Å². The molecule has 10 nitrogen and oxygen atoms in total. The van der Waals surface area contributed by atoms with Crippen LogP contribution in [0.1, 0.15) is 46.4 Å². The number of nitrogens with one attached hydrogen (secondary N) is 1. The summed E-state index contributed by atoms with van der Waals surface area (Å²) in [6.07, 6.45) is 6.51. The number of hydrogen-bond acceptors (Lipinski definition) is 7. The van der Waals surface area contributed by atoms with Gasteiger partial charge in [0.1, 0.15) is 5.69 Å². The maximum Gasteiger partial charge on any atom is 0.293 e. The second-order valence-corrected chi connectivity index (χ2v) is 8.56. The Morgan fingerprint density at radius 3 is 2.30 bits per heavy atom. The number of aromatic nitrogens is 1. The van der Waals surface area contributed by atoms with Gasteiger partial charge in [-0.15, -0.1) is 0 Å². The van der Waals surface area contributed by atoms with E-state index in [1.54, 1.807) is 41.6 Å². The van der Waals surface area contributed by atoms with Crippen LogP contribution in [0.5, 0.6) is 0 Å². The average molecular weight is 453 g/mol. The number of pyridine rings is 1. The highest BCUT2D eigenvalue weighted by molar-refractivity contribution is 5.96. The van der Waals surface area contributed by atoms with Gasteiger partial charge in [0.15, 0.2) is 0 Å². The zero-order valence-electron chi connectivity index (χ0n) is 18.4. The lowest BCUT2D eigenvalue weighted by Gasteiger charge is -2.35. The fraction of sp³-hybridized carbons (Fsp3) is 0.435. The van der Waals surface area contributed by atoms with Crippen LogP contribution >= 0.6 is 0 Å². The van der Waals surface area contributed by atoms with Crippen LogP contribution in [-0.4, -0.2) is 64.9 Å². The minimum atomic E-state index is -0.458. The molecule has 10 heteroatoms. The summed E-state index contributed by atoms with van der Waals surface area (Å²) in [6.45, 7) is 1.83. The summed E-state index contributed by atoms with van der Waals surface area (Å²) in [4.78, 5) is 44.2. The largest absolute Gasteiger partial charge is 0.362 e. The molecule has 4 rings (SSSR count). The third-order valence-corrected chi connectivity index (χ3v) is 6.38. The number of carbonyl (C=O) groups is 2. The van der Waals surface area contributed by atoms with Crippen LogP contribution < -0.4 is 16.0 Å². The fourth-order valence-electron chi connectivity index (χ4n) is 4.44. The third-order valence-electron chi connectivity index (χ3n) is 6.38. The Morgan fingerprint density at radius 2 is 1.67 bits per heavy atom. The van der Waals surface area contributed by atoms with Crippen molar-refractivity contribution >= 4 is 23.2 Å². The smallest absolute Gasteiger partial charge is 0.293 e. The van der Waals surface area contributed by atoms with E-state index in [1.165, 1.54) is 6.07 Å². The van der Waals surface area contributed by atoms with Crippen molar-refractivity contribution < 1.29 is 14.5 Å². The van der Waals surface area contributed by atoms with E-state index in [0.29, 0.717) is 37.4 Å². The van der Waals surface area contributed by atoms with E-state index in [2.05, 4.69) is 10.3 Å². The molecule has 0 atom stereocenters. The Hall–Kier alpha value is -3.53. The minimum absolute atomic E-state index is 0.0436. The molecule has 3 N–H and O–H groups in total. The molecule has 0 unspecified atom stereocenters. The molecular weight excluding hydrogens is 424 g/mol. The molecule has 33 heavy (non-hydrogen) atoms. The minimum Gasteiger partial charge on any atom is -0.362 e. The molecule has 2 aromatic rings. The SMILES string of the molecule is NC1CCC(NC(=O)c2ccc(N3CCN(C(=O)c4ccncc4)CC3)c([N+](=O)[O-])c2)CC1. The van der Waals surface area contributed by atoms with Crippen molar-refractivity contribution in [2.45, 2.75) is 37.8 Å². The first kappa shape index (κ1) is 22.7. The average Bonchev–Trinajstić information content (AvgIpc) is 2.85. The van der Waals surface area contributed by atoms with Crippen molar-refractivity contribution in [1.29, 1.82) is 0 Å². The van der Waals surface area contributed by atoms with Crippen molar-refractivity contribution in [2.75, 3.05) is 31.1 Å². The molecule has 174 valence electrons. The van der Waals surface area contributed by atoms with Crippen LogP contribution in [0, 0.1) is 10.1 Å². The van der Waals surface area contributed by atoms with Crippen LogP contribution in [0.15, 0.2) is 42.7 Å². The highest BCUT2D eigenvalue weighted by Gasteiger charge is 2.28. The molecule has 2 heterocycles. The number of nitrogens with zero attached hydrogens (tertiary/aromatic N) is 4. The van der Waals surface area contributed by atoms with Crippen molar-refractivity contribution in [3.05, 3.63) is 64.0 Å². The van der Waals surface area contributed by atoms with Crippen LogP contribution in [-0.2, 0) is 0 Å². The van der Waals surface area contributed by atoms with E-state index in [-0.39, 0.29) is 35.1 Å². The van der Waals surface area contributed by atoms with Gasteiger partial charge >= 0.3 is 0 Å². The van der Waals surface area contributed by atoms with Gasteiger partial charge in [-0.05, 0) is 49.9 Å². The molecule has 0 bridgehead atoms. The third kappa shape index (κ3) is 5.28. The highest BCUT2D eigenvalue weighted by atomic mass is 16.6. The fourth-order valence-corrected chi connectivity index (χ4v) is 4.44. The van der Waals surface area contributed by atoms with E-state index < -0.39 is 4.92 Å². The molecule has 1 aliphatic heterocycles. The molecule has 2 aliphatic rings. The quantitative estimate of drug-likeness (QED) is 0.523. The predicted octanol–water partition coefficient (Wildman–Crippen LogP) is 1.95. The lowest BCUT2D eigenvalue weighted by Crippen LogP contribution is -2.49. The Bertz CT molecular complexity index is 1010. The monoisotopic (exact) mass is 452 g/mol. The van der Waals surface area contributed by atoms with Gasteiger partial charge in [-0.3, -0.25) is 24.7 Å². The van der Waals surface area contributed by atoms with Crippen molar-refractivity contribution in [3.8, 4) is 0 Å². The number of benzene rings is 1. The van der Waals surface area contributed by atoms with Crippen LogP contribution in [0.25, 0.3) is 0 Å². The number of nitro groups is 1. The highest BCUT2D eigenvalue weighted by Crippen LogP contribution is 2.30. The number of anilines is 1. The number of nitro benzene ring substituents is 1. The van der Waals surface area contributed by atoms with Crippen LogP contribution in [0.4, 0.5) is 11.4 Å². The second kappa shape index (κ2) is 9.95. The van der Waals surface area contributed by atoms with Gasteiger partial charge in [0.2, 0.25) is 0 Å². The van der Waals surface area contributed by atoms with Gasteiger partial charge in [-0.2, -0.15) is 0 Å². The molecule has 0 spiro atoms. The van der Waals surface area contributed by atoms with Gasteiger partial charge < -0.3 is 20.9 Å². The zero-order valence-corrected chi connectivity index (χ0v) is 18.4. The normalized spacial score (nSPS) is 20.9. The number of rotatable bonds is 5. The first-order valence-electron chi connectivity index (χ1n) is 11.2. The molecule has 2 amide bonds. The molecule has 2 fully saturated rings. The summed E-state index contributed by atoms with van der Waals surface area (Å²) >= 11 is 0. The summed E-state index contributed by atoms with van der Waals surface area (Å²) in [5.41, 5.74) is 7.10. The van der Waals surface area contributed by atoms with Crippen molar-refractivity contribution in [1.82, 2.24) is 15.2 Å². The summed E-state index contributed by atoms with van der Waals surface area (Å²) in [5.74, 6) is -0.389. The van der Waals surface area contributed by atoms with Gasteiger partial charge in [0.05, 0.1) is 4.92 Å². The number of carbonyl (C=O) groups excluding carboxylic acids is 2. The maximum atomic E-state index is 12.7. The standard InChI is InChI=1S/C23H28N6O4/c24-18-2-4-19(5-3-18)26-22(30)17-1-6-20(21(15-17)29(32)33)27-11-13-28(14-12-27)23(31)16-7-9-25-10-8-16/h1,6-10,15,18-19H,2-5,11-14,24H2,(H,26,30). The number of nitrogens with two attached hydrogens (primary N) is 1. The van der Waals surface area contributed by atoms with Crippen LogP contribution in [0.2, 0.25) is 0 Å². The molecule has 1 saturated carbocycles. The Morgan fingerprint density at radius 1 is 1.00 bits per heavy atom. The zero-order chi connectivity index (χ0) is 23.4. The molecular formula is C23H28N6O4. The van der Waals surface area contributed by atoms with E-state index >= 15 is 0 Å². The van der Waals surface area contributed by atoms with Crippen molar-refractivity contribution in [2.24, 2.45) is 5.73 Å². The number of piperazine rings is 1. The Balaban J connectivity index is 1.42. The van der Waals surface area contributed by atoms with E-state index in [9.17, 15) is 19.7 Å². The molecule has 1 aliphatic carbocycles.